The van der Waals surface area contributed by atoms with Crippen LogP contribution in [0.2, 0.25) is 0 Å². The molecule has 17 heavy (non-hydrogen) atoms. The fourth-order valence-electron chi connectivity index (χ4n) is 1.35. The van der Waals surface area contributed by atoms with E-state index < -0.39 is 10.0 Å². The molecule has 0 fully saturated rings. The number of H-pyrrole nitrogens is 1. The molecule has 2 rings (SSSR count). The summed E-state index contributed by atoms with van der Waals surface area (Å²) in [7, 11) is -3.50. The molecule has 2 N–H and O–H groups in total. The fraction of sp³-hybridized carbons (Fsp3) is 0.200. The summed E-state index contributed by atoms with van der Waals surface area (Å²) < 4.78 is 26.3. The summed E-state index contributed by atoms with van der Waals surface area (Å²) in [4.78, 5) is 4.08. The molecular formula is C10H12N4O2S. The van der Waals surface area contributed by atoms with Crippen molar-refractivity contribution < 1.29 is 8.42 Å². The quantitative estimate of drug-likeness (QED) is 0.833. The van der Waals surface area contributed by atoms with Gasteiger partial charge in [-0.2, -0.15) is 5.10 Å². The highest BCUT2D eigenvalue weighted by Gasteiger charge is 2.13. The zero-order valence-corrected chi connectivity index (χ0v) is 10.0. The lowest BCUT2D eigenvalue weighted by Crippen LogP contribution is -2.23. The lowest BCUT2D eigenvalue weighted by Gasteiger charge is -2.05. The van der Waals surface area contributed by atoms with Gasteiger partial charge < -0.3 is 0 Å². The van der Waals surface area contributed by atoms with E-state index in [1.165, 1.54) is 6.33 Å². The first-order valence-electron chi connectivity index (χ1n) is 4.98. The highest BCUT2D eigenvalue weighted by atomic mass is 32.2. The van der Waals surface area contributed by atoms with Crippen LogP contribution in [0.25, 0.3) is 0 Å². The standard InChI is InChI=1S/C10H12N4O2S/c1-8-3-2-4-9(5-8)17(15,16)13-6-10-11-7-12-14-10/h2-5,7,13H,6H2,1H3,(H,11,12,14). The third-order valence-corrected chi connectivity index (χ3v) is 3.59. The van der Waals surface area contributed by atoms with E-state index in [2.05, 4.69) is 19.9 Å². The van der Waals surface area contributed by atoms with Gasteiger partial charge in [0.1, 0.15) is 12.2 Å². The lowest BCUT2D eigenvalue weighted by molar-refractivity contribution is 0.579. The molecule has 0 saturated heterocycles. The van der Waals surface area contributed by atoms with Crippen molar-refractivity contribution in [2.24, 2.45) is 0 Å². The molecule has 0 aliphatic rings. The maximum absolute atomic E-state index is 11.9. The smallest absolute Gasteiger partial charge is 0.240 e. The largest absolute Gasteiger partial charge is 0.262 e. The summed E-state index contributed by atoms with van der Waals surface area (Å²) in [5.74, 6) is 0.473. The maximum Gasteiger partial charge on any atom is 0.240 e. The van der Waals surface area contributed by atoms with Gasteiger partial charge in [-0.3, -0.25) is 5.10 Å². The summed E-state index contributed by atoms with van der Waals surface area (Å²) in [5.41, 5.74) is 0.896. The van der Waals surface area contributed by atoms with Crippen LogP contribution in [0.5, 0.6) is 0 Å². The maximum atomic E-state index is 11.9. The number of aromatic nitrogens is 3. The van der Waals surface area contributed by atoms with E-state index in [0.29, 0.717) is 5.82 Å². The second kappa shape index (κ2) is 4.64. The predicted octanol–water partition coefficient (Wildman–Crippen LogP) is 0.592. The first-order valence-corrected chi connectivity index (χ1v) is 6.47. The fourth-order valence-corrected chi connectivity index (χ4v) is 2.44. The molecule has 0 atom stereocenters. The molecule has 0 unspecified atom stereocenters. The summed E-state index contributed by atoms with van der Waals surface area (Å²) in [5, 5.41) is 6.22. The highest BCUT2D eigenvalue weighted by Crippen LogP contribution is 2.10. The number of sulfonamides is 1. The Balaban J connectivity index is 2.14. The van der Waals surface area contributed by atoms with Crippen LogP contribution < -0.4 is 4.72 Å². The van der Waals surface area contributed by atoms with Gasteiger partial charge in [0.15, 0.2) is 0 Å². The zero-order chi connectivity index (χ0) is 12.3. The lowest BCUT2D eigenvalue weighted by atomic mass is 10.2. The van der Waals surface area contributed by atoms with Crippen LogP contribution in [0, 0.1) is 6.92 Å². The Morgan fingerprint density at radius 2 is 2.24 bits per heavy atom. The Bertz CT molecular complexity index is 593. The molecule has 0 radical (unpaired) electrons. The van der Waals surface area contributed by atoms with E-state index in [1.54, 1.807) is 18.2 Å². The van der Waals surface area contributed by atoms with Gasteiger partial charge in [-0.15, -0.1) is 0 Å². The average molecular weight is 252 g/mol. The molecule has 0 saturated carbocycles. The summed E-state index contributed by atoms with van der Waals surface area (Å²) >= 11 is 0. The molecular weight excluding hydrogens is 240 g/mol. The number of aromatic amines is 1. The van der Waals surface area contributed by atoms with Gasteiger partial charge in [-0.1, -0.05) is 12.1 Å². The van der Waals surface area contributed by atoms with Gasteiger partial charge in [0.05, 0.1) is 11.4 Å². The predicted molar refractivity (Wildman–Crippen MR) is 61.6 cm³/mol. The molecule has 90 valence electrons. The minimum absolute atomic E-state index is 0.0935. The molecule has 7 heteroatoms. The van der Waals surface area contributed by atoms with Crippen LogP contribution in [0.1, 0.15) is 11.4 Å². The number of aryl methyl sites for hydroxylation is 1. The minimum atomic E-state index is -3.50. The van der Waals surface area contributed by atoms with Crippen LogP contribution in [0.3, 0.4) is 0 Å². The van der Waals surface area contributed by atoms with Gasteiger partial charge in [-0.25, -0.2) is 18.1 Å². The molecule has 0 aliphatic heterocycles. The van der Waals surface area contributed by atoms with Crippen LogP contribution in [0.15, 0.2) is 35.5 Å². The third kappa shape index (κ3) is 2.89. The van der Waals surface area contributed by atoms with Crippen molar-refractivity contribution in [2.75, 3.05) is 0 Å². The van der Waals surface area contributed by atoms with E-state index in [9.17, 15) is 8.42 Å². The highest BCUT2D eigenvalue weighted by molar-refractivity contribution is 7.89. The average Bonchev–Trinajstić information content (AvgIpc) is 2.79. The Morgan fingerprint density at radius 1 is 1.41 bits per heavy atom. The van der Waals surface area contributed by atoms with Gasteiger partial charge in [0.25, 0.3) is 0 Å². The van der Waals surface area contributed by atoms with Crippen molar-refractivity contribution >= 4 is 10.0 Å². The molecule has 0 aliphatic carbocycles. The number of nitrogens with zero attached hydrogens (tertiary/aromatic N) is 2. The van der Waals surface area contributed by atoms with Crippen LogP contribution in [-0.2, 0) is 16.6 Å². The van der Waals surface area contributed by atoms with Crippen LogP contribution in [-0.4, -0.2) is 23.6 Å². The molecule has 1 heterocycles. The van der Waals surface area contributed by atoms with Gasteiger partial charge >= 0.3 is 0 Å². The SMILES string of the molecule is Cc1cccc(S(=O)(=O)NCc2ncn[nH]2)c1. The minimum Gasteiger partial charge on any atom is -0.262 e. The topological polar surface area (TPSA) is 87.7 Å². The normalized spacial score (nSPS) is 11.6. The number of benzene rings is 1. The number of nitrogens with one attached hydrogen (secondary N) is 2. The third-order valence-electron chi connectivity index (χ3n) is 2.19. The molecule has 0 bridgehead atoms. The van der Waals surface area contributed by atoms with Crippen molar-refractivity contribution in [3.8, 4) is 0 Å². The number of rotatable bonds is 4. The van der Waals surface area contributed by atoms with E-state index in [0.717, 1.165) is 5.56 Å². The Kier molecular flexibility index (Phi) is 3.21. The molecule has 0 spiro atoms. The van der Waals surface area contributed by atoms with E-state index in [-0.39, 0.29) is 11.4 Å². The summed E-state index contributed by atoms with van der Waals surface area (Å²) in [6.07, 6.45) is 1.33. The second-order valence-electron chi connectivity index (χ2n) is 3.57. The molecule has 1 aromatic carbocycles. The first-order chi connectivity index (χ1) is 8.08. The van der Waals surface area contributed by atoms with Crippen molar-refractivity contribution in [3.63, 3.8) is 0 Å². The molecule has 6 nitrogen and oxygen atoms in total. The van der Waals surface area contributed by atoms with E-state index >= 15 is 0 Å². The first kappa shape index (κ1) is 11.7. The second-order valence-corrected chi connectivity index (χ2v) is 5.34. The number of hydrogen-bond acceptors (Lipinski definition) is 4. The van der Waals surface area contributed by atoms with E-state index in [4.69, 9.17) is 0 Å². The van der Waals surface area contributed by atoms with Crippen molar-refractivity contribution in [1.82, 2.24) is 19.9 Å². The van der Waals surface area contributed by atoms with Crippen molar-refractivity contribution in [3.05, 3.63) is 42.0 Å². The zero-order valence-electron chi connectivity index (χ0n) is 9.21. The molecule has 0 amide bonds. The Labute approximate surface area is 99.1 Å². The summed E-state index contributed by atoms with van der Waals surface area (Å²) in [6, 6.07) is 6.71. The van der Waals surface area contributed by atoms with Crippen LogP contribution >= 0.6 is 0 Å². The monoisotopic (exact) mass is 252 g/mol. The Hall–Kier alpha value is -1.73. The van der Waals surface area contributed by atoms with Crippen molar-refractivity contribution in [1.29, 1.82) is 0 Å². The molecule has 2 aromatic rings. The van der Waals surface area contributed by atoms with Crippen LogP contribution in [0.4, 0.5) is 0 Å². The van der Waals surface area contributed by atoms with Gasteiger partial charge in [0.2, 0.25) is 10.0 Å². The van der Waals surface area contributed by atoms with Crippen molar-refractivity contribution in [2.45, 2.75) is 18.4 Å². The summed E-state index contributed by atoms with van der Waals surface area (Å²) in [6.45, 7) is 1.94. The van der Waals surface area contributed by atoms with Gasteiger partial charge in [0, 0.05) is 0 Å². The number of hydrogen-bond donors (Lipinski definition) is 2. The Morgan fingerprint density at radius 3 is 2.88 bits per heavy atom. The molecule has 1 aromatic heterocycles. The van der Waals surface area contributed by atoms with E-state index in [1.807, 2.05) is 13.0 Å². The van der Waals surface area contributed by atoms with Gasteiger partial charge in [-0.05, 0) is 24.6 Å².